The Balaban J connectivity index is 1.92. The van der Waals surface area contributed by atoms with Gasteiger partial charge >= 0.3 is 6.09 Å². The molecule has 9 nitrogen and oxygen atoms in total. The zero-order chi connectivity index (χ0) is 20.8. The zero-order valence-corrected chi connectivity index (χ0v) is 15.8. The van der Waals surface area contributed by atoms with E-state index in [2.05, 4.69) is 20.6 Å². The Kier molecular flexibility index (Phi) is 5.88. The summed E-state index contributed by atoms with van der Waals surface area (Å²) in [6.07, 6.45) is 0.236. The number of aromatic nitrogens is 2. The van der Waals surface area contributed by atoms with Crippen LogP contribution in [0.3, 0.4) is 0 Å². The molecule has 0 spiro atoms. The van der Waals surface area contributed by atoms with Crippen LogP contribution in [0.25, 0.3) is 0 Å². The monoisotopic (exact) mass is 393 g/mol. The van der Waals surface area contributed by atoms with E-state index in [4.69, 9.17) is 4.74 Å². The van der Waals surface area contributed by atoms with Gasteiger partial charge in [-0.2, -0.15) is 4.98 Å². The molecule has 0 saturated carbocycles. The van der Waals surface area contributed by atoms with Gasteiger partial charge in [0, 0.05) is 30.6 Å². The molecular weight excluding hydrogens is 374 g/mol. The summed E-state index contributed by atoms with van der Waals surface area (Å²) in [7, 11) is 1.47. The predicted octanol–water partition coefficient (Wildman–Crippen LogP) is 4.00. The number of nitrogens with one attached hydrogen (secondary N) is 2. The molecular formula is C20H19N5O4. The topological polar surface area (TPSA) is 117 Å². The quantitative estimate of drug-likeness (QED) is 0.579. The Labute approximate surface area is 167 Å². The number of carboxylic acid groups (broad SMARTS) is 1. The van der Waals surface area contributed by atoms with Crippen LogP contribution in [0.2, 0.25) is 0 Å². The molecule has 0 aliphatic heterocycles. The van der Waals surface area contributed by atoms with Gasteiger partial charge in [0.05, 0.1) is 12.8 Å². The third-order valence-electron chi connectivity index (χ3n) is 3.83. The Hall–Kier alpha value is -4.14. The fourth-order valence-corrected chi connectivity index (χ4v) is 2.68. The summed E-state index contributed by atoms with van der Waals surface area (Å²) in [6.45, 7) is 1.42. The first-order valence-corrected chi connectivity index (χ1v) is 8.61. The predicted molar refractivity (Wildman–Crippen MR) is 109 cm³/mol. The molecule has 0 bridgehead atoms. The maximum absolute atomic E-state index is 11.9. The number of ether oxygens (including phenoxy) is 1. The van der Waals surface area contributed by atoms with E-state index in [0.29, 0.717) is 22.8 Å². The highest BCUT2D eigenvalue weighted by Crippen LogP contribution is 2.33. The molecule has 3 aromatic rings. The van der Waals surface area contributed by atoms with Gasteiger partial charge in [0.2, 0.25) is 11.9 Å². The Morgan fingerprint density at radius 1 is 1.07 bits per heavy atom. The minimum atomic E-state index is -1.22. The number of carbonyl (C=O) groups is 2. The molecule has 0 aliphatic rings. The first-order valence-electron chi connectivity index (χ1n) is 8.61. The van der Waals surface area contributed by atoms with Crippen molar-refractivity contribution in [2.24, 2.45) is 0 Å². The van der Waals surface area contributed by atoms with Crippen LogP contribution < -0.4 is 20.3 Å². The van der Waals surface area contributed by atoms with Crippen molar-refractivity contribution in [1.29, 1.82) is 0 Å². The molecule has 0 fully saturated rings. The number of benzene rings is 2. The minimum absolute atomic E-state index is 0.150. The van der Waals surface area contributed by atoms with E-state index in [1.165, 1.54) is 26.3 Å². The second kappa shape index (κ2) is 8.70. The molecule has 1 heterocycles. The Morgan fingerprint density at radius 3 is 2.55 bits per heavy atom. The molecule has 9 heteroatoms. The van der Waals surface area contributed by atoms with Gasteiger partial charge in [-0.05, 0) is 30.3 Å². The van der Waals surface area contributed by atoms with Gasteiger partial charge in [0.1, 0.15) is 11.6 Å². The number of para-hydroxylation sites is 2. The lowest BCUT2D eigenvalue weighted by atomic mass is 10.2. The Bertz CT molecular complexity index is 1040. The van der Waals surface area contributed by atoms with Crippen LogP contribution in [0.1, 0.15) is 6.92 Å². The van der Waals surface area contributed by atoms with Crippen molar-refractivity contribution in [2.45, 2.75) is 6.92 Å². The molecule has 2 amide bonds. The summed E-state index contributed by atoms with van der Waals surface area (Å²) in [5.41, 5.74) is 1.58. The molecule has 0 aliphatic carbocycles. The summed E-state index contributed by atoms with van der Waals surface area (Å²) in [5.74, 6) is 0.557. The van der Waals surface area contributed by atoms with Gasteiger partial charge in [0.25, 0.3) is 0 Å². The molecule has 0 atom stereocenters. The number of methoxy groups -OCH3 is 1. The van der Waals surface area contributed by atoms with Crippen LogP contribution >= 0.6 is 0 Å². The van der Waals surface area contributed by atoms with Gasteiger partial charge in [-0.15, -0.1) is 0 Å². The van der Waals surface area contributed by atoms with E-state index in [1.54, 1.807) is 48.5 Å². The maximum Gasteiger partial charge on any atom is 0.417 e. The molecule has 3 rings (SSSR count). The lowest BCUT2D eigenvalue weighted by Crippen LogP contribution is -2.25. The molecule has 1 aromatic heterocycles. The van der Waals surface area contributed by atoms with Crippen molar-refractivity contribution in [3.63, 3.8) is 0 Å². The number of amides is 2. The van der Waals surface area contributed by atoms with Crippen molar-refractivity contribution in [3.8, 4) is 5.75 Å². The van der Waals surface area contributed by atoms with Crippen LogP contribution in [0.4, 0.5) is 33.6 Å². The number of rotatable bonds is 6. The van der Waals surface area contributed by atoms with Crippen LogP contribution in [-0.4, -0.2) is 34.2 Å². The van der Waals surface area contributed by atoms with Crippen LogP contribution in [0.5, 0.6) is 5.75 Å². The molecule has 0 radical (unpaired) electrons. The average Bonchev–Trinajstić information content (AvgIpc) is 2.68. The Morgan fingerprint density at radius 2 is 1.83 bits per heavy atom. The van der Waals surface area contributed by atoms with Crippen LogP contribution in [0.15, 0.2) is 60.8 Å². The zero-order valence-electron chi connectivity index (χ0n) is 15.8. The van der Waals surface area contributed by atoms with Crippen molar-refractivity contribution in [3.05, 3.63) is 60.8 Å². The van der Waals surface area contributed by atoms with E-state index in [0.717, 1.165) is 4.90 Å². The molecule has 2 aromatic carbocycles. The lowest BCUT2D eigenvalue weighted by molar-refractivity contribution is -0.114. The van der Waals surface area contributed by atoms with E-state index < -0.39 is 6.09 Å². The van der Waals surface area contributed by atoms with Crippen LogP contribution in [0, 0.1) is 0 Å². The van der Waals surface area contributed by atoms with Gasteiger partial charge in [-0.25, -0.2) is 14.7 Å². The van der Waals surface area contributed by atoms with Crippen molar-refractivity contribution >= 4 is 40.8 Å². The lowest BCUT2D eigenvalue weighted by Gasteiger charge is -2.21. The third kappa shape index (κ3) is 4.78. The summed E-state index contributed by atoms with van der Waals surface area (Å²) in [4.78, 5) is 32.6. The van der Waals surface area contributed by atoms with Gasteiger partial charge in [0.15, 0.2) is 0 Å². The summed E-state index contributed by atoms with van der Waals surface area (Å²) < 4.78 is 5.27. The molecule has 29 heavy (non-hydrogen) atoms. The third-order valence-corrected chi connectivity index (χ3v) is 3.83. The standard InChI is InChI=1S/C20H19N5O4/c1-13(26)22-14-6-5-7-15(12-14)23-19-21-11-10-18(24-19)25(20(27)28)16-8-3-4-9-17(16)29-2/h3-12H,1-2H3,(H,22,26)(H,27,28)(H,21,23,24). The van der Waals surface area contributed by atoms with Gasteiger partial charge < -0.3 is 20.5 Å². The first kappa shape index (κ1) is 19.6. The largest absolute Gasteiger partial charge is 0.495 e. The van der Waals surface area contributed by atoms with Crippen molar-refractivity contribution < 1.29 is 19.4 Å². The smallest absolute Gasteiger partial charge is 0.417 e. The van der Waals surface area contributed by atoms with E-state index in [9.17, 15) is 14.7 Å². The van der Waals surface area contributed by atoms with Crippen LogP contribution in [-0.2, 0) is 4.79 Å². The summed E-state index contributed by atoms with van der Waals surface area (Å²) >= 11 is 0. The van der Waals surface area contributed by atoms with E-state index in [-0.39, 0.29) is 17.7 Å². The average molecular weight is 393 g/mol. The highest BCUT2D eigenvalue weighted by molar-refractivity contribution is 5.95. The molecule has 0 unspecified atom stereocenters. The SMILES string of the molecule is COc1ccccc1N(C(=O)O)c1ccnc(Nc2cccc(NC(C)=O)c2)n1. The van der Waals surface area contributed by atoms with Crippen molar-refractivity contribution in [1.82, 2.24) is 9.97 Å². The molecule has 148 valence electrons. The van der Waals surface area contributed by atoms with Crippen molar-refractivity contribution in [2.75, 3.05) is 22.6 Å². The summed E-state index contributed by atoms with van der Waals surface area (Å²) in [5, 5.41) is 15.4. The highest BCUT2D eigenvalue weighted by Gasteiger charge is 2.22. The second-order valence-electron chi connectivity index (χ2n) is 5.92. The fraction of sp³-hybridized carbons (Fsp3) is 0.100. The molecule has 3 N–H and O–H groups in total. The number of carbonyl (C=O) groups excluding carboxylic acids is 1. The number of hydrogen-bond donors (Lipinski definition) is 3. The van der Waals surface area contributed by atoms with Gasteiger partial charge in [-0.3, -0.25) is 4.79 Å². The summed E-state index contributed by atoms with van der Waals surface area (Å²) in [6, 6.07) is 15.2. The number of hydrogen-bond acceptors (Lipinski definition) is 6. The highest BCUT2D eigenvalue weighted by atomic mass is 16.5. The second-order valence-corrected chi connectivity index (χ2v) is 5.92. The minimum Gasteiger partial charge on any atom is -0.495 e. The first-order chi connectivity index (χ1) is 14.0. The fourth-order valence-electron chi connectivity index (χ4n) is 2.68. The number of nitrogens with zero attached hydrogens (tertiary/aromatic N) is 3. The normalized spacial score (nSPS) is 10.1. The maximum atomic E-state index is 11.9. The van der Waals surface area contributed by atoms with Gasteiger partial charge in [-0.1, -0.05) is 18.2 Å². The van der Waals surface area contributed by atoms with E-state index >= 15 is 0 Å². The van der Waals surface area contributed by atoms with E-state index in [1.807, 2.05) is 0 Å². The molecule has 0 saturated heterocycles. The number of anilines is 5.